The Morgan fingerprint density at radius 2 is 1.94 bits per heavy atom. The average molecular weight is 246 g/mol. The molecule has 1 N–H and O–H groups in total. The van der Waals surface area contributed by atoms with Gasteiger partial charge in [-0.3, -0.25) is 0 Å². The van der Waals surface area contributed by atoms with E-state index in [1.165, 1.54) is 23.1 Å². The van der Waals surface area contributed by atoms with Crippen LogP contribution in [-0.2, 0) is 6.42 Å². The molecule has 0 bridgehead atoms. The van der Waals surface area contributed by atoms with E-state index in [4.69, 9.17) is 0 Å². The van der Waals surface area contributed by atoms with Crippen molar-refractivity contribution in [3.63, 3.8) is 0 Å². The van der Waals surface area contributed by atoms with E-state index in [-0.39, 0.29) is 0 Å². The fourth-order valence-corrected chi connectivity index (χ4v) is 3.25. The number of hydrogen-bond donors (Lipinski definition) is 1. The maximum absolute atomic E-state index is 10.9. The van der Waals surface area contributed by atoms with E-state index in [0.717, 1.165) is 19.3 Å². The van der Waals surface area contributed by atoms with Gasteiger partial charge in [0.2, 0.25) is 0 Å². The Kier molecular flexibility index (Phi) is 3.82. The predicted octanol–water partition coefficient (Wildman–Crippen LogP) is 4.03. The summed E-state index contributed by atoms with van der Waals surface area (Å²) in [5.74, 6) is 1.03. The lowest BCUT2D eigenvalue weighted by Gasteiger charge is -2.42. The molecule has 0 saturated heterocycles. The summed E-state index contributed by atoms with van der Waals surface area (Å²) in [7, 11) is 0. The van der Waals surface area contributed by atoms with Gasteiger partial charge in [0, 0.05) is 6.42 Å². The second kappa shape index (κ2) is 5.05. The molecule has 2 rings (SSSR count). The van der Waals surface area contributed by atoms with Crippen molar-refractivity contribution in [3.8, 4) is 0 Å². The highest BCUT2D eigenvalue weighted by Crippen LogP contribution is 2.39. The molecule has 1 aliphatic rings. The lowest BCUT2D eigenvalue weighted by Crippen LogP contribution is -2.44. The molecular formula is C17H26O. The van der Waals surface area contributed by atoms with Crippen LogP contribution in [0, 0.1) is 25.7 Å². The van der Waals surface area contributed by atoms with Crippen LogP contribution in [0.2, 0.25) is 0 Å². The molecule has 1 aromatic rings. The van der Waals surface area contributed by atoms with Crippen LogP contribution in [-0.4, -0.2) is 10.7 Å². The van der Waals surface area contributed by atoms with E-state index in [1.54, 1.807) is 0 Å². The van der Waals surface area contributed by atoms with E-state index in [0.29, 0.717) is 11.8 Å². The van der Waals surface area contributed by atoms with Gasteiger partial charge in [-0.05, 0) is 48.8 Å². The zero-order valence-electron chi connectivity index (χ0n) is 12.2. The van der Waals surface area contributed by atoms with Gasteiger partial charge in [0.05, 0.1) is 5.60 Å². The molecule has 3 unspecified atom stereocenters. The fraction of sp³-hybridized carbons (Fsp3) is 0.647. The second-order valence-electron chi connectivity index (χ2n) is 6.36. The first-order chi connectivity index (χ1) is 8.42. The summed E-state index contributed by atoms with van der Waals surface area (Å²) in [4.78, 5) is 0. The summed E-state index contributed by atoms with van der Waals surface area (Å²) in [6.45, 7) is 8.77. The Hall–Kier alpha value is -0.820. The highest BCUT2D eigenvalue weighted by Gasteiger charge is 2.39. The molecule has 0 amide bonds. The quantitative estimate of drug-likeness (QED) is 0.835. The Bertz CT molecular complexity index is 424. The highest BCUT2D eigenvalue weighted by molar-refractivity contribution is 5.31. The number of rotatable bonds is 2. The van der Waals surface area contributed by atoms with Crippen LogP contribution in [0.25, 0.3) is 0 Å². The molecule has 1 aromatic carbocycles. The first kappa shape index (κ1) is 13.6. The molecule has 0 aromatic heterocycles. The van der Waals surface area contributed by atoms with Crippen molar-refractivity contribution >= 4 is 0 Å². The summed E-state index contributed by atoms with van der Waals surface area (Å²) in [5.41, 5.74) is 3.43. The van der Waals surface area contributed by atoms with Gasteiger partial charge in [0.25, 0.3) is 0 Å². The smallest absolute Gasteiger partial charge is 0.0715 e. The van der Waals surface area contributed by atoms with Crippen LogP contribution in [0.15, 0.2) is 18.2 Å². The maximum Gasteiger partial charge on any atom is 0.0715 e. The van der Waals surface area contributed by atoms with E-state index >= 15 is 0 Å². The number of hydrogen-bond acceptors (Lipinski definition) is 1. The Labute approximate surface area is 111 Å². The second-order valence-corrected chi connectivity index (χ2v) is 6.36. The molecule has 1 aliphatic carbocycles. The Morgan fingerprint density at radius 3 is 2.61 bits per heavy atom. The summed E-state index contributed by atoms with van der Waals surface area (Å²) >= 11 is 0. The highest BCUT2D eigenvalue weighted by atomic mass is 16.3. The van der Waals surface area contributed by atoms with Crippen molar-refractivity contribution in [2.45, 2.75) is 59.0 Å². The molecule has 0 spiro atoms. The zero-order valence-corrected chi connectivity index (χ0v) is 12.2. The van der Waals surface area contributed by atoms with Crippen LogP contribution in [0.4, 0.5) is 0 Å². The number of aliphatic hydroxyl groups is 1. The van der Waals surface area contributed by atoms with Crippen molar-refractivity contribution in [3.05, 3.63) is 34.9 Å². The van der Waals surface area contributed by atoms with E-state index in [2.05, 4.69) is 45.9 Å². The minimum Gasteiger partial charge on any atom is -0.389 e. The summed E-state index contributed by atoms with van der Waals surface area (Å²) in [5, 5.41) is 10.9. The van der Waals surface area contributed by atoms with Gasteiger partial charge < -0.3 is 5.11 Å². The van der Waals surface area contributed by atoms with Gasteiger partial charge in [-0.1, -0.05) is 44.9 Å². The molecule has 18 heavy (non-hydrogen) atoms. The van der Waals surface area contributed by atoms with Crippen molar-refractivity contribution in [1.82, 2.24) is 0 Å². The summed E-state index contributed by atoms with van der Waals surface area (Å²) < 4.78 is 0. The van der Waals surface area contributed by atoms with Crippen LogP contribution in [0.3, 0.4) is 0 Å². The van der Waals surface area contributed by atoms with Crippen LogP contribution < -0.4 is 0 Å². The van der Waals surface area contributed by atoms with Crippen LogP contribution >= 0.6 is 0 Å². The largest absolute Gasteiger partial charge is 0.389 e. The molecule has 100 valence electrons. The summed E-state index contributed by atoms with van der Waals surface area (Å²) in [6.07, 6.45) is 4.17. The Morgan fingerprint density at radius 1 is 1.22 bits per heavy atom. The standard InChI is InChI=1S/C17H26O/c1-12-7-8-16(10-14(12)3)11-17(18)9-5-6-13(2)15(17)4/h7-8,10,13,15,18H,5-6,9,11H2,1-4H3. The monoisotopic (exact) mass is 246 g/mol. The third-order valence-corrected chi connectivity index (χ3v) is 5.05. The average Bonchev–Trinajstić information content (AvgIpc) is 2.31. The number of benzene rings is 1. The normalized spacial score (nSPS) is 32.5. The van der Waals surface area contributed by atoms with E-state index in [1.807, 2.05) is 0 Å². The molecule has 1 heteroatoms. The van der Waals surface area contributed by atoms with E-state index < -0.39 is 5.60 Å². The Balaban J connectivity index is 2.18. The van der Waals surface area contributed by atoms with Gasteiger partial charge in [-0.15, -0.1) is 0 Å². The van der Waals surface area contributed by atoms with Crippen molar-refractivity contribution < 1.29 is 5.11 Å². The molecular weight excluding hydrogens is 220 g/mol. The fourth-order valence-electron chi connectivity index (χ4n) is 3.25. The van der Waals surface area contributed by atoms with Crippen molar-refractivity contribution in [2.75, 3.05) is 0 Å². The minimum atomic E-state index is -0.501. The number of aryl methyl sites for hydroxylation is 2. The molecule has 0 heterocycles. The molecule has 0 radical (unpaired) electrons. The van der Waals surface area contributed by atoms with Crippen LogP contribution in [0.5, 0.6) is 0 Å². The first-order valence-electron chi connectivity index (χ1n) is 7.21. The third kappa shape index (κ3) is 2.61. The van der Waals surface area contributed by atoms with Gasteiger partial charge in [0.15, 0.2) is 0 Å². The van der Waals surface area contributed by atoms with Crippen LogP contribution in [0.1, 0.15) is 49.8 Å². The predicted molar refractivity (Wildman–Crippen MR) is 76.7 cm³/mol. The van der Waals surface area contributed by atoms with Gasteiger partial charge in [0.1, 0.15) is 0 Å². The minimum absolute atomic E-state index is 0.396. The van der Waals surface area contributed by atoms with Gasteiger partial charge >= 0.3 is 0 Å². The molecule has 3 atom stereocenters. The maximum atomic E-state index is 10.9. The van der Waals surface area contributed by atoms with E-state index in [9.17, 15) is 5.11 Å². The summed E-state index contributed by atoms with van der Waals surface area (Å²) in [6, 6.07) is 6.58. The zero-order chi connectivity index (χ0) is 13.3. The lowest BCUT2D eigenvalue weighted by molar-refractivity contribution is -0.0620. The van der Waals surface area contributed by atoms with Crippen molar-refractivity contribution in [2.24, 2.45) is 11.8 Å². The van der Waals surface area contributed by atoms with Gasteiger partial charge in [-0.2, -0.15) is 0 Å². The van der Waals surface area contributed by atoms with Crippen molar-refractivity contribution in [1.29, 1.82) is 0 Å². The topological polar surface area (TPSA) is 20.2 Å². The molecule has 1 saturated carbocycles. The molecule has 0 aliphatic heterocycles. The lowest BCUT2D eigenvalue weighted by atomic mass is 9.68. The molecule has 1 nitrogen and oxygen atoms in total. The molecule has 1 fully saturated rings. The first-order valence-corrected chi connectivity index (χ1v) is 7.21. The SMILES string of the molecule is Cc1ccc(CC2(O)CCCC(C)C2C)cc1C. The third-order valence-electron chi connectivity index (χ3n) is 5.05. The van der Waals surface area contributed by atoms with Gasteiger partial charge in [-0.25, -0.2) is 0 Å².